The van der Waals surface area contributed by atoms with Gasteiger partial charge in [0.25, 0.3) is 0 Å². The minimum absolute atomic E-state index is 0.0330. The van der Waals surface area contributed by atoms with Crippen molar-refractivity contribution in [2.45, 2.75) is 19.0 Å². The zero-order chi connectivity index (χ0) is 21.2. The van der Waals surface area contributed by atoms with E-state index in [9.17, 15) is 27.9 Å². The summed E-state index contributed by atoms with van der Waals surface area (Å²) in [7, 11) is 1.30. The number of ether oxygens (including phenoxy) is 3. The highest BCUT2D eigenvalue weighted by Crippen LogP contribution is 2.48. The van der Waals surface area contributed by atoms with E-state index in [4.69, 9.17) is 14.2 Å². The van der Waals surface area contributed by atoms with Crippen molar-refractivity contribution in [3.8, 4) is 23.0 Å². The lowest BCUT2D eigenvalue weighted by Crippen LogP contribution is -2.17. The molecular weight excluding hydrogens is 393 g/mol. The van der Waals surface area contributed by atoms with Crippen LogP contribution in [0.15, 0.2) is 30.3 Å². The summed E-state index contributed by atoms with van der Waals surface area (Å²) in [5, 5.41) is 10.1. The van der Waals surface area contributed by atoms with E-state index in [-0.39, 0.29) is 48.2 Å². The van der Waals surface area contributed by atoms with Gasteiger partial charge in [0.15, 0.2) is 23.1 Å². The van der Waals surface area contributed by atoms with Gasteiger partial charge in [-0.05, 0) is 12.1 Å². The molecule has 154 valence electrons. The number of hydrogen-bond donors (Lipinski definition) is 1. The topological polar surface area (TPSA) is 82.1 Å². The Labute approximate surface area is 163 Å². The lowest BCUT2D eigenvalue weighted by Gasteiger charge is -2.22. The second-order valence-corrected chi connectivity index (χ2v) is 6.22. The van der Waals surface area contributed by atoms with Crippen LogP contribution in [0.25, 0.3) is 0 Å². The number of halogens is 3. The summed E-state index contributed by atoms with van der Waals surface area (Å²) in [6, 6.07) is 5.53. The third-order valence-corrected chi connectivity index (χ3v) is 4.36. The molecule has 2 aromatic carbocycles. The number of phenols is 1. The first-order chi connectivity index (χ1) is 13.7. The number of methoxy groups -OCH3 is 1. The Morgan fingerprint density at radius 2 is 1.62 bits per heavy atom. The van der Waals surface area contributed by atoms with Crippen LogP contribution in [0.2, 0.25) is 0 Å². The lowest BCUT2D eigenvalue weighted by molar-refractivity contribution is -0.137. The molecule has 0 fully saturated rings. The Morgan fingerprint density at radius 1 is 1.03 bits per heavy atom. The molecule has 1 N–H and O–H groups in total. The van der Waals surface area contributed by atoms with E-state index in [0.29, 0.717) is 0 Å². The molecule has 0 aliphatic carbocycles. The molecule has 0 aromatic heterocycles. The average molecular weight is 410 g/mol. The monoisotopic (exact) mass is 410 g/mol. The van der Waals surface area contributed by atoms with E-state index < -0.39 is 35.3 Å². The molecule has 6 nitrogen and oxygen atoms in total. The van der Waals surface area contributed by atoms with Crippen molar-refractivity contribution in [1.82, 2.24) is 0 Å². The molecule has 0 saturated heterocycles. The standard InChI is InChI=1S/C20H17F3O6/c1-27-17-12(10-16(26)18-19(17)29-9-8-28-18)15(25)7-6-14(24)11-4-2-3-5-13(11)20(21,22)23/h2-5,10,26H,6-9H2,1H3. The van der Waals surface area contributed by atoms with E-state index >= 15 is 0 Å². The van der Waals surface area contributed by atoms with Gasteiger partial charge in [-0.15, -0.1) is 0 Å². The molecule has 0 bridgehead atoms. The van der Waals surface area contributed by atoms with Gasteiger partial charge in [0.2, 0.25) is 11.5 Å². The fourth-order valence-electron chi connectivity index (χ4n) is 3.05. The molecule has 3 rings (SSSR count). The molecule has 0 spiro atoms. The van der Waals surface area contributed by atoms with Crippen LogP contribution >= 0.6 is 0 Å². The summed E-state index contributed by atoms with van der Waals surface area (Å²) < 4.78 is 55.2. The lowest BCUT2D eigenvalue weighted by atomic mass is 9.97. The highest BCUT2D eigenvalue weighted by molar-refractivity contribution is 6.05. The molecule has 29 heavy (non-hydrogen) atoms. The van der Waals surface area contributed by atoms with E-state index in [1.807, 2.05) is 0 Å². The van der Waals surface area contributed by atoms with Gasteiger partial charge in [-0.3, -0.25) is 9.59 Å². The maximum Gasteiger partial charge on any atom is 0.417 e. The fourth-order valence-corrected chi connectivity index (χ4v) is 3.05. The molecule has 1 heterocycles. The van der Waals surface area contributed by atoms with Crippen LogP contribution in [0.3, 0.4) is 0 Å². The van der Waals surface area contributed by atoms with E-state index in [0.717, 1.165) is 18.2 Å². The molecule has 0 saturated carbocycles. The number of hydrogen-bond acceptors (Lipinski definition) is 6. The summed E-state index contributed by atoms with van der Waals surface area (Å²) in [6.07, 6.45) is -5.49. The number of fused-ring (bicyclic) bond motifs is 1. The van der Waals surface area contributed by atoms with Gasteiger partial charge in [-0.1, -0.05) is 18.2 Å². The third kappa shape index (κ3) is 4.13. The van der Waals surface area contributed by atoms with Gasteiger partial charge in [-0.25, -0.2) is 0 Å². The van der Waals surface area contributed by atoms with Crippen LogP contribution in [-0.4, -0.2) is 37.0 Å². The molecular formula is C20H17F3O6. The Morgan fingerprint density at radius 3 is 2.24 bits per heavy atom. The maximum absolute atomic E-state index is 13.1. The number of Topliss-reactive ketones (excluding diaryl/α,β-unsaturated/α-hetero) is 2. The summed E-state index contributed by atoms with van der Waals surface area (Å²) in [5.41, 5.74) is -1.59. The van der Waals surface area contributed by atoms with Crippen LogP contribution in [-0.2, 0) is 6.18 Å². The highest BCUT2D eigenvalue weighted by atomic mass is 19.4. The number of benzene rings is 2. The summed E-state index contributed by atoms with van der Waals surface area (Å²) in [6.45, 7) is 0.400. The number of carbonyl (C=O) groups is 2. The number of phenolic OH excluding ortho intramolecular Hbond substituents is 1. The van der Waals surface area contributed by atoms with Crippen molar-refractivity contribution in [2.75, 3.05) is 20.3 Å². The first kappa shape index (κ1) is 20.5. The molecule has 9 heteroatoms. The molecule has 1 aliphatic rings. The molecule has 2 aromatic rings. The smallest absolute Gasteiger partial charge is 0.417 e. The number of aromatic hydroxyl groups is 1. The predicted octanol–water partition coefficient (Wildman–Crippen LogP) is 4.04. The van der Waals surface area contributed by atoms with E-state index in [1.54, 1.807) is 0 Å². The van der Waals surface area contributed by atoms with Crippen molar-refractivity contribution in [3.05, 3.63) is 47.0 Å². The Balaban J connectivity index is 1.82. The van der Waals surface area contributed by atoms with E-state index in [2.05, 4.69) is 0 Å². The SMILES string of the molecule is COc1c(C(=O)CCC(=O)c2ccccc2C(F)(F)F)cc(O)c2c1OCCO2. The van der Waals surface area contributed by atoms with Gasteiger partial charge >= 0.3 is 6.18 Å². The Kier molecular flexibility index (Phi) is 5.67. The first-order valence-corrected chi connectivity index (χ1v) is 8.66. The molecule has 0 amide bonds. The van der Waals surface area contributed by atoms with Gasteiger partial charge in [0.1, 0.15) is 13.2 Å². The summed E-state index contributed by atoms with van der Waals surface area (Å²) >= 11 is 0. The normalized spacial score (nSPS) is 13.1. The number of carbonyl (C=O) groups excluding carboxylic acids is 2. The highest BCUT2D eigenvalue weighted by Gasteiger charge is 2.35. The first-order valence-electron chi connectivity index (χ1n) is 8.66. The van der Waals surface area contributed by atoms with Gasteiger partial charge in [-0.2, -0.15) is 13.2 Å². The molecule has 0 unspecified atom stereocenters. The number of ketones is 2. The van der Waals surface area contributed by atoms with Crippen molar-refractivity contribution < 1.29 is 42.1 Å². The minimum atomic E-state index is -4.68. The van der Waals surface area contributed by atoms with Crippen LogP contribution in [0, 0.1) is 0 Å². The Bertz CT molecular complexity index is 952. The maximum atomic E-state index is 13.1. The van der Waals surface area contributed by atoms with Gasteiger partial charge in [0.05, 0.1) is 18.2 Å². The van der Waals surface area contributed by atoms with Gasteiger partial charge < -0.3 is 19.3 Å². The second kappa shape index (κ2) is 8.02. The molecule has 0 atom stereocenters. The van der Waals surface area contributed by atoms with Crippen LogP contribution in [0.1, 0.15) is 39.1 Å². The van der Waals surface area contributed by atoms with Crippen molar-refractivity contribution in [2.24, 2.45) is 0 Å². The summed E-state index contributed by atoms with van der Waals surface area (Å²) in [4.78, 5) is 24.9. The second-order valence-electron chi connectivity index (χ2n) is 6.22. The summed E-state index contributed by atoms with van der Waals surface area (Å²) in [5.74, 6) is -1.60. The van der Waals surface area contributed by atoms with Crippen LogP contribution in [0.4, 0.5) is 13.2 Å². The van der Waals surface area contributed by atoms with Crippen LogP contribution in [0.5, 0.6) is 23.0 Å². The minimum Gasteiger partial charge on any atom is -0.504 e. The van der Waals surface area contributed by atoms with Crippen molar-refractivity contribution in [3.63, 3.8) is 0 Å². The van der Waals surface area contributed by atoms with Gasteiger partial charge in [0, 0.05) is 18.4 Å². The molecule has 1 aliphatic heterocycles. The Hall–Kier alpha value is -3.23. The quantitative estimate of drug-likeness (QED) is 0.724. The predicted molar refractivity (Wildman–Crippen MR) is 95.0 cm³/mol. The number of alkyl halides is 3. The largest absolute Gasteiger partial charge is 0.504 e. The average Bonchev–Trinajstić information content (AvgIpc) is 2.71. The zero-order valence-electron chi connectivity index (χ0n) is 15.3. The van der Waals surface area contributed by atoms with E-state index in [1.165, 1.54) is 19.2 Å². The van der Waals surface area contributed by atoms with Crippen molar-refractivity contribution >= 4 is 11.6 Å². The third-order valence-electron chi connectivity index (χ3n) is 4.36. The zero-order valence-corrected chi connectivity index (χ0v) is 15.3. The van der Waals surface area contributed by atoms with Crippen molar-refractivity contribution in [1.29, 1.82) is 0 Å². The fraction of sp³-hybridized carbons (Fsp3) is 0.300. The molecule has 0 radical (unpaired) electrons. The van der Waals surface area contributed by atoms with Crippen LogP contribution < -0.4 is 14.2 Å². The number of rotatable bonds is 6.